The molecule has 1 heterocycles. The third kappa shape index (κ3) is 3.33. The van der Waals surface area contributed by atoms with E-state index < -0.39 is 0 Å². The van der Waals surface area contributed by atoms with Crippen LogP contribution in [0.5, 0.6) is 0 Å². The number of hydrogen-bond acceptors (Lipinski definition) is 4. The van der Waals surface area contributed by atoms with Gasteiger partial charge in [0.2, 0.25) is 0 Å². The Morgan fingerprint density at radius 2 is 2.43 bits per heavy atom. The van der Waals surface area contributed by atoms with Crippen molar-refractivity contribution >= 4 is 27.3 Å². The number of thiophene rings is 1. The zero-order chi connectivity index (χ0) is 10.6. The van der Waals surface area contributed by atoms with E-state index in [4.69, 9.17) is 10.8 Å². The second kappa shape index (κ2) is 5.82. The maximum atomic E-state index is 9.05. The fraction of sp³-hybridized carbons (Fsp3) is 0.556. The molecule has 1 unspecified atom stereocenters. The Bertz CT molecular complexity index is 276. The van der Waals surface area contributed by atoms with Crippen molar-refractivity contribution in [2.45, 2.75) is 12.6 Å². The van der Waals surface area contributed by atoms with Gasteiger partial charge in [0.25, 0.3) is 0 Å². The van der Waals surface area contributed by atoms with E-state index >= 15 is 0 Å². The van der Waals surface area contributed by atoms with Gasteiger partial charge in [0.05, 0.1) is 6.61 Å². The highest BCUT2D eigenvalue weighted by Crippen LogP contribution is 2.21. The second-order valence-corrected chi connectivity index (χ2v) is 5.13. The summed E-state index contributed by atoms with van der Waals surface area (Å²) >= 11 is 5.12. The molecule has 1 atom stereocenters. The molecule has 3 N–H and O–H groups in total. The lowest BCUT2D eigenvalue weighted by Crippen LogP contribution is -2.39. The van der Waals surface area contributed by atoms with Crippen molar-refractivity contribution in [3.63, 3.8) is 0 Å². The molecule has 0 spiro atoms. The predicted octanol–water partition coefficient (Wildman–Crippen LogP) is 1.26. The van der Waals surface area contributed by atoms with Crippen molar-refractivity contribution in [2.24, 2.45) is 5.73 Å². The van der Waals surface area contributed by atoms with Gasteiger partial charge in [-0.05, 0) is 29.0 Å². The molecule has 0 aliphatic heterocycles. The Morgan fingerprint density at radius 3 is 2.86 bits per heavy atom. The molecule has 0 aliphatic rings. The molecule has 1 aromatic heterocycles. The molecule has 0 radical (unpaired) electrons. The second-order valence-electron chi connectivity index (χ2n) is 3.22. The Balaban J connectivity index is 2.51. The molecular formula is C9H15BrN2OS. The first-order valence-electron chi connectivity index (χ1n) is 4.41. The lowest BCUT2D eigenvalue weighted by atomic mass is 10.2. The molecule has 0 bridgehead atoms. The van der Waals surface area contributed by atoms with E-state index in [2.05, 4.69) is 32.3 Å². The quantitative estimate of drug-likeness (QED) is 0.853. The average Bonchev–Trinajstić information content (AvgIpc) is 2.53. The van der Waals surface area contributed by atoms with Crippen LogP contribution in [0.2, 0.25) is 0 Å². The van der Waals surface area contributed by atoms with Crippen LogP contribution < -0.4 is 5.73 Å². The summed E-state index contributed by atoms with van der Waals surface area (Å²) in [7, 11) is 1.97. The van der Waals surface area contributed by atoms with Gasteiger partial charge < -0.3 is 10.8 Å². The van der Waals surface area contributed by atoms with Gasteiger partial charge >= 0.3 is 0 Å². The first-order chi connectivity index (χ1) is 6.67. The Labute approximate surface area is 96.7 Å². The summed E-state index contributed by atoms with van der Waals surface area (Å²) in [5, 5.41) is 11.1. The third-order valence-corrected chi connectivity index (χ3v) is 3.82. The molecule has 0 aliphatic carbocycles. The fourth-order valence-corrected chi connectivity index (χ4v) is 2.72. The lowest BCUT2D eigenvalue weighted by molar-refractivity contribution is 0.147. The number of aliphatic hydroxyl groups is 1. The molecule has 1 rings (SSSR count). The fourth-order valence-electron chi connectivity index (χ4n) is 1.21. The van der Waals surface area contributed by atoms with Crippen LogP contribution in [0.4, 0.5) is 0 Å². The minimum absolute atomic E-state index is 0.0517. The number of nitrogens with two attached hydrogens (primary N) is 1. The molecule has 5 heteroatoms. The standard InChI is InChI=1S/C9H15BrN2OS/c1-12(8(3-11)5-13)4-9-2-7(10)6-14-9/h2,6,8,13H,3-5,11H2,1H3. The van der Waals surface area contributed by atoms with E-state index in [9.17, 15) is 0 Å². The molecule has 3 nitrogen and oxygen atoms in total. The Morgan fingerprint density at radius 1 is 1.71 bits per heavy atom. The summed E-state index contributed by atoms with van der Waals surface area (Å²) in [5.41, 5.74) is 5.54. The zero-order valence-electron chi connectivity index (χ0n) is 8.11. The van der Waals surface area contributed by atoms with E-state index in [0.29, 0.717) is 6.54 Å². The van der Waals surface area contributed by atoms with Gasteiger partial charge in [-0.3, -0.25) is 4.90 Å². The van der Waals surface area contributed by atoms with Crippen LogP contribution in [-0.2, 0) is 6.54 Å². The van der Waals surface area contributed by atoms with E-state index in [1.165, 1.54) is 4.88 Å². The minimum Gasteiger partial charge on any atom is -0.395 e. The normalized spacial score (nSPS) is 13.5. The SMILES string of the molecule is CN(Cc1cc(Br)cs1)C(CN)CO. The zero-order valence-corrected chi connectivity index (χ0v) is 10.5. The van der Waals surface area contributed by atoms with Crippen molar-refractivity contribution in [3.05, 3.63) is 20.8 Å². The topological polar surface area (TPSA) is 49.5 Å². The Hall–Kier alpha value is 0.0600. The Kier molecular flexibility index (Phi) is 5.05. The summed E-state index contributed by atoms with van der Waals surface area (Å²) in [6.07, 6.45) is 0. The number of likely N-dealkylation sites (N-methyl/N-ethyl adjacent to an activating group) is 1. The third-order valence-electron chi connectivity index (χ3n) is 2.13. The number of nitrogens with zero attached hydrogens (tertiary/aromatic N) is 1. The van der Waals surface area contributed by atoms with Gasteiger partial charge in [-0.2, -0.15) is 0 Å². The van der Waals surface area contributed by atoms with Crippen LogP contribution in [0.1, 0.15) is 4.88 Å². The van der Waals surface area contributed by atoms with Crippen LogP contribution >= 0.6 is 27.3 Å². The van der Waals surface area contributed by atoms with Crippen LogP contribution in [0.3, 0.4) is 0 Å². The highest BCUT2D eigenvalue weighted by Gasteiger charge is 2.12. The molecule has 1 aromatic rings. The first kappa shape index (κ1) is 12.1. The van der Waals surface area contributed by atoms with Crippen molar-refractivity contribution in [1.82, 2.24) is 4.90 Å². The van der Waals surface area contributed by atoms with Gasteiger partial charge in [0.1, 0.15) is 0 Å². The van der Waals surface area contributed by atoms with E-state index in [1.54, 1.807) is 11.3 Å². The summed E-state index contributed by atoms with van der Waals surface area (Å²) in [5.74, 6) is 0. The van der Waals surface area contributed by atoms with Gasteiger partial charge in [0, 0.05) is 33.9 Å². The molecule has 0 saturated carbocycles. The van der Waals surface area contributed by atoms with Gasteiger partial charge in [0.15, 0.2) is 0 Å². The largest absolute Gasteiger partial charge is 0.395 e. The number of aliphatic hydroxyl groups excluding tert-OH is 1. The van der Waals surface area contributed by atoms with Crippen LogP contribution in [-0.4, -0.2) is 36.2 Å². The smallest absolute Gasteiger partial charge is 0.0599 e. The van der Waals surface area contributed by atoms with Crippen LogP contribution in [0.15, 0.2) is 15.9 Å². The van der Waals surface area contributed by atoms with E-state index in [0.717, 1.165) is 11.0 Å². The number of halogens is 1. The monoisotopic (exact) mass is 278 g/mol. The maximum absolute atomic E-state index is 9.05. The highest BCUT2D eigenvalue weighted by atomic mass is 79.9. The van der Waals surface area contributed by atoms with Crippen molar-refractivity contribution in [1.29, 1.82) is 0 Å². The van der Waals surface area contributed by atoms with Gasteiger partial charge in [-0.25, -0.2) is 0 Å². The molecule has 80 valence electrons. The summed E-state index contributed by atoms with van der Waals surface area (Å²) in [6.45, 7) is 1.43. The van der Waals surface area contributed by atoms with Gasteiger partial charge in [-0.15, -0.1) is 11.3 Å². The molecule has 0 fully saturated rings. The number of rotatable bonds is 5. The molecule has 0 amide bonds. The lowest BCUT2D eigenvalue weighted by Gasteiger charge is -2.24. The average molecular weight is 279 g/mol. The van der Waals surface area contributed by atoms with Crippen molar-refractivity contribution in [2.75, 3.05) is 20.2 Å². The van der Waals surface area contributed by atoms with E-state index in [-0.39, 0.29) is 12.6 Å². The molecule has 0 aromatic carbocycles. The first-order valence-corrected chi connectivity index (χ1v) is 6.08. The van der Waals surface area contributed by atoms with Crippen LogP contribution in [0.25, 0.3) is 0 Å². The van der Waals surface area contributed by atoms with Crippen molar-refractivity contribution in [3.8, 4) is 0 Å². The number of hydrogen-bond donors (Lipinski definition) is 2. The van der Waals surface area contributed by atoms with Crippen molar-refractivity contribution < 1.29 is 5.11 Å². The summed E-state index contributed by atoms with van der Waals surface area (Å²) < 4.78 is 1.11. The maximum Gasteiger partial charge on any atom is 0.0599 e. The highest BCUT2D eigenvalue weighted by molar-refractivity contribution is 9.10. The molecular weight excluding hydrogens is 264 g/mol. The predicted molar refractivity (Wildman–Crippen MR) is 63.4 cm³/mol. The summed E-state index contributed by atoms with van der Waals surface area (Å²) in [6, 6.07) is 2.14. The molecule has 14 heavy (non-hydrogen) atoms. The summed E-state index contributed by atoms with van der Waals surface area (Å²) in [4.78, 5) is 3.34. The minimum atomic E-state index is 0.0517. The van der Waals surface area contributed by atoms with Gasteiger partial charge in [-0.1, -0.05) is 0 Å². The molecule has 0 saturated heterocycles. The van der Waals surface area contributed by atoms with E-state index in [1.807, 2.05) is 7.05 Å². The van der Waals surface area contributed by atoms with Crippen LogP contribution in [0, 0.1) is 0 Å².